The molecule has 0 bridgehead atoms. The normalized spacial score (nSPS) is 15.3. The van der Waals surface area contributed by atoms with Gasteiger partial charge >= 0.3 is 12.9 Å². The molecule has 0 radical (unpaired) electrons. The number of amides is 4. The highest BCUT2D eigenvalue weighted by molar-refractivity contribution is 6.38. The number of ketones is 1. The number of alkyl halides is 6. The van der Waals surface area contributed by atoms with Crippen LogP contribution >= 0.6 is 0 Å². The number of rotatable bonds is 9. The Morgan fingerprint density at radius 3 is 2.32 bits per heavy atom. The van der Waals surface area contributed by atoms with Crippen LogP contribution in [-0.2, 0) is 19.2 Å². The lowest BCUT2D eigenvalue weighted by molar-refractivity contribution is -0.142. The second-order valence-electron chi connectivity index (χ2n) is 7.76. The van der Waals surface area contributed by atoms with Gasteiger partial charge in [-0.2, -0.15) is 31.6 Å². The molecule has 1 heterocycles. The first-order valence-corrected chi connectivity index (χ1v) is 10.9. The van der Waals surface area contributed by atoms with Crippen molar-refractivity contribution in [3.63, 3.8) is 0 Å². The van der Waals surface area contributed by atoms with Crippen LogP contribution in [0.3, 0.4) is 0 Å². The predicted octanol–water partition coefficient (Wildman–Crippen LogP) is 1.96. The van der Waals surface area contributed by atoms with E-state index in [0.717, 1.165) is 6.07 Å². The maximum atomic E-state index is 13.0. The first-order valence-electron chi connectivity index (χ1n) is 10.9. The van der Waals surface area contributed by atoms with Crippen molar-refractivity contribution in [1.82, 2.24) is 16.0 Å². The molecule has 1 aromatic rings. The van der Waals surface area contributed by atoms with E-state index in [0.29, 0.717) is 13.0 Å². The van der Waals surface area contributed by atoms with Crippen LogP contribution in [0.15, 0.2) is 18.2 Å². The van der Waals surface area contributed by atoms with Crippen LogP contribution in [-0.4, -0.2) is 61.9 Å². The van der Waals surface area contributed by atoms with Gasteiger partial charge in [0.2, 0.25) is 17.6 Å². The smallest absolute Gasteiger partial charge is 0.356 e. The van der Waals surface area contributed by atoms with Crippen LogP contribution in [0.2, 0.25) is 0 Å². The molecule has 1 aliphatic rings. The molecule has 38 heavy (non-hydrogen) atoms. The third kappa shape index (κ3) is 10.8. The number of hydrogen-bond donors (Lipinski definition) is 4. The molecule has 208 valence electrons. The van der Waals surface area contributed by atoms with E-state index in [-0.39, 0.29) is 29.1 Å². The number of nitrogens with zero attached hydrogens (tertiary/aromatic N) is 1. The number of carbonyl (C=O) groups is 5. The van der Waals surface area contributed by atoms with Crippen molar-refractivity contribution >= 4 is 35.1 Å². The summed E-state index contributed by atoms with van der Waals surface area (Å²) in [7, 11) is 1.21. The van der Waals surface area contributed by atoms with Gasteiger partial charge in [0, 0.05) is 25.9 Å². The molecule has 1 aromatic carbocycles. The maximum absolute atomic E-state index is 13.0. The van der Waals surface area contributed by atoms with E-state index in [2.05, 4.69) is 21.3 Å². The van der Waals surface area contributed by atoms with Gasteiger partial charge in [0.05, 0.1) is 35.3 Å². The Balaban J connectivity index is 0.00000168. The van der Waals surface area contributed by atoms with E-state index in [1.807, 2.05) is 0 Å². The van der Waals surface area contributed by atoms with E-state index < -0.39 is 61.2 Å². The zero-order valence-electron chi connectivity index (χ0n) is 19.8. The van der Waals surface area contributed by atoms with E-state index in [1.54, 1.807) is 6.07 Å². The molecule has 2 rings (SSSR count). The van der Waals surface area contributed by atoms with Crippen molar-refractivity contribution in [2.45, 2.75) is 44.6 Å². The summed E-state index contributed by atoms with van der Waals surface area (Å²) >= 11 is 0. The highest BCUT2D eigenvalue weighted by Crippen LogP contribution is 2.23. The molecule has 16 heteroatoms. The molecule has 4 N–H and O–H groups in total. The second-order valence-corrected chi connectivity index (χ2v) is 7.76. The number of nitriles is 1. The van der Waals surface area contributed by atoms with Gasteiger partial charge in [-0.05, 0) is 31.0 Å². The van der Waals surface area contributed by atoms with E-state index in [9.17, 15) is 50.3 Å². The van der Waals surface area contributed by atoms with Gasteiger partial charge in [0.25, 0.3) is 11.8 Å². The summed E-state index contributed by atoms with van der Waals surface area (Å²) in [6.45, 7) is -3.29. The van der Waals surface area contributed by atoms with Gasteiger partial charge < -0.3 is 21.3 Å². The third-order valence-corrected chi connectivity index (χ3v) is 5.06. The first-order chi connectivity index (χ1) is 17.7. The van der Waals surface area contributed by atoms with Crippen LogP contribution in [0.4, 0.5) is 32.0 Å². The zero-order chi connectivity index (χ0) is 29.0. The fraction of sp³-hybridized carbons (Fsp3) is 0.455. The van der Waals surface area contributed by atoms with E-state index in [1.165, 1.54) is 19.2 Å². The summed E-state index contributed by atoms with van der Waals surface area (Å²) in [5.41, 5.74) is -0.485. The van der Waals surface area contributed by atoms with Crippen molar-refractivity contribution in [3.8, 4) is 6.07 Å². The Kier molecular flexibility index (Phi) is 12.2. The molecular formula is C22H23F6N5O5. The molecule has 4 amide bonds. The number of hydrogen-bond acceptors (Lipinski definition) is 6. The standard InChI is InChI=1S/C21H22F3N5O5.CHF3/c1-26-20(34)17(31)15(9-12-5-7-27-18(12)32)29-19(33)13-8-11(10-25)2-3-14(13)28-16(30)4-6-21(22,23)24;2-1(3)4/h2-3,8,12,15H,4-7,9H2,1H3,(H,26,34)(H,27,32)(H,28,30)(H,29,33);1H. The Bertz CT molecular complexity index is 1090. The van der Waals surface area contributed by atoms with Gasteiger partial charge in [0.15, 0.2) is 0 Å². The molecule has 1 fully saturated rings. The minimum Gasteiger partial charge on any atom is -0.356 e. The lowest BCUT2D eigenvalue weighted by atomic mass is 9.95. The van der Waals surface area contributed by atoms with Crippen LogP contribution in [0, 0.1) is 17.2 Å². The minimum atomic E-state index is -4.55. The molecule has 10 nitrogen and oxygen atoms in total. The molecule has 0 spiro atoms. The topological polar surface area (TPSA) is 157 Å². The Hall–Kier alpha value is -4.16. The number of benzene rings is 1. The average Bonchev–Trinajstić information content (AvgIpc) is 3.24. The van der Waals surface area contributed by atoms with E-state index >= 15 is 0 Å². The van der Waals surface area contributed by atoms with E-state index in [4.69, 9.17) is 5.26 Å². The third-order valence-electron chi connectivity index (χ3n) is 5.06. The van der Waals surface area contributed by atoms with Gasteiger partial charge in [0.1, 0.15) is 0 Å². The minimum absolute atomic E-state index is 0.00258. The van der Waals surface area contributed by atoms with Crippen LogP contribution in [0.5, 0.6) is 0 Å². The lowest BCUT2D eigenvalue weighted by Gasteiger charge is -2.20. The van der Waals surface area contributed by atoms with Gasteiger partial charge in [-0.25, -0.2) is 0 Å². The zero-order valence-corrected chi connectivity index (χ0v) is 19.8. The summed E-state index contributed by atoms with van der Waals surface area (Å²) in [5, 5.41) is 18.4. The van der Waals surface area contributed by atoms with Crippen molar-refractivity contribution in [2.75, 3.05) is 18.9 Å². The van der Waals surface area contributed by atoms with Crippen molar-refractivity contribution in [1.29, 1.82) is 5.26 Å². The summed E-state index contributed by atoms with van der Waals surface area (Å²) in [5.74, 6) is -4.97. The number of anilines is 1. The first kappa shape index (κ1) is 31.9. The number of nitrogens with one attached hydrogen (secondary N) is 4. The Morgan fingerprint density at radius 1 is 1.18 bits per heavy atom. The number of likely N-dealkylation sites (N-methyl/N-ethyl adjacent to an activating group) is 1. The van der Waals surface area contributed by atoms with Crippen LogP contribution < -0.4 is 21.3 Å². The van der Waals surface area contributed by atoms with Crippen LogP contribution in [0.1, 0.15) is 41.6 Å². The fourth-order valence-electron chi connectivity index (χ4n) is 3.28. The monoisotopic (exact) mass is 551 g/mol. The SMILES string of the molecule is CNC(=O)C(=O)C(CC1CCNC1=O)NC(=O)c1cc(C#N)ccc1NC(=O)CCC(F)(F)F.FC(F)F. The Morgan fingerprint density at radius 2 is 1.82 bits per heavy atom. The highest BCUT2D eigenvalue weighted by Gasteiger charge is 2.34. The van der Waals surface area contributed by atoms with Crippen LogP contribution in [0.25, 0.3) is 0 Å². The summed E-state index contributed by atoms with van der Waals surface area (Å²) in [6, 6.07) is 3.88. The Labute approximate surface area is 212 Å². The summed E-state index contributed by atoms with van der Waals surface area (Å²) < 4.78 is 66.2. The molecular weight excluding hydrogens is 528 g/mol. The molecule has 2 unspecified atom stereocenters. The number of halogens is 6. The summed E-state index contributed by atoms with van der Waals surface area (Å²) in [4.78, 5) is 61.3. The molecule has 0 aromatic heterocycles. The van der Waals surface area contributed by atoms with Gasteiger partial charge in [-0.3, -0.25) is 24.0 Å². The van der Waals surface area contributed by atoms with Crippen molar-refractivity contribution in [3.05, 3.63) is 29.3 Å². The molecule has 0 saturated carbocycles. The average molecular weight is 551 g/mol. The predicted molar refractivity (Wildman–Crippen MR) is 118 cm³/mol. The molecule has 1 aliphatic heterocycles. The van der Waals surface area contributed by atoms with Crippen molar-refractivity contribution in [2.24, 2.45) is 5.92 Å². The molecule has 1 saturated heterocycles. The highest BCUT2D eigenvalue weighted by atomic mass is 19.4. The lowest BCUT2D eigenvalue weighted by Crippen LogP contribution is -2.48. The van der Waals surface area contributed by atoms with Gasteiger partial charge in [-0.1, -0.05) is 0 Å². The number of carbonyl (C=O) groups excluding carboxylic acids is 5. The van der Waals surface area contributed by atoms with Crippen molar-refractivity contribution < 1.29 is 50.3 Å². The quantitative estimate of drug-likeness (QED) is 0.272. The maximum Gasteiger partial charge on any atom is 0.389 e. The molecule has 0 aliphatic carbocycles. The number of Topliss-reactive ketones (excluding diaryl/α,β-unsaturated/α-hetero) is 1. The summed E-state index contributed by atoms with van der Waals surface area (Å²) in [6.07, 6.45) is -6.60. The fourth-order valence-corrected chi connectivity index (χ4v) is 3.28. The second kappa shape index (κ2) is 14.5. The van der Waals surface area contributed by atoms with Gasteiger partial charge in [-0.15, -0.1) is 0 Å². The molecule has 2 atom stereocenters. The largest absolute Gasteiger partial charge is 0.389 e.